The molecule has 0 radical (unpaired) electrons. The van der Waals surface area contributed by atoms with Gasteiger partial charge in [-0.25, -0.2) is 4.98 Å². The Morgan fingerprint density at radius 3 is 3.08 bits per heavy atom. The van der Waals surface area contributed by atoms with E-state index in [1.54, 1.807) is 11.3 Å². The first kappa shape index (κ1) is 8.53. The van der Waals surface area contributed by atoms with Crippen LogP contribution in [0.4, 0.5) is 0 Å². The van der Waals surface area contributed by atoms with Crippen molar-refractivity contribution in [1.82, 2.24) is 4.98 Å². The molecule has 12 heavy (non-hydrogen) atoms. The van der Waals surface area contributed by atoms with Crippen molar-refractivity contribution < 1.29 is 4.74 Å². The van der Waals surface area contributed by atoms with Crippen LogP contribution in [0.2, 0.25) is 0 Å². The molecule has 0 aromatic carbocycles. The fraction of sp³-hybridized carbons (Fsp3) is 0.625. The molecular weight excluding hydrogens is 190 g/mol. The number of aromatic nitrogens is 1. The van der Waals surface area contributed by atoms with Crippen molar-refractivity contribution in [3.05, 3.63) is 11.1 Å². The first-order valence-electron chi connectivity index (χ1n) is 3.97. The van der Waals surface area contributed by atoms with E-state index in [0.717, 1.165) is 30.6 Å². The van der Waals surface area contributed by atoms with Crippen LogP contribution in [-0.2, 0) is 4.74 Å². The number of hydrogen-bond donors (Lipinski definition) is 0. The smallest absolute Gasteiger partial charge is 0.150 e. The fourth-order valence-electron chi connectivity index (χ4n) is 0.969. The maximum Gasteiger partial charge on any atom is 0.150 e. The van der Waals surface area contributed by atoms with Gasteiger partial charge in [-0.2, -0.15) is 0 Å². The summed E-state index contributed by atoms with van der Waals surface area (Å²) >= 11 is 3.59. The average Bonchev–Trinajstić information content (AvgIpc) is 2.32. The van der Waals surface area contributed by atoms with Crippen LogP contribution in [0.25, 0.3) is 0 Å². The highest BCUT2D eigenvalue weighted by atomic mass is 32.2. The van der Waals surface area contributed by atoms with Gasteiger partial charge in [-0.05, 0) is 6.92 Å². The van der Waals surface area contributed by atoms with Gasteiger partial charge in [0.05, 0.1) is 13.2 Å². The van der Waals surface area contributed by atoms with Gasteiger partial charge in [0, 0.05) is 22.7 Å². The van der Waals surface area contributed by atoms with E-state index in [-0.39, 0.29) is 0 Å². The highest BCUT2D eigenvalue weighted by Gasteiger charge is 2.18. The van der Waals surface area contributed by atoms with Crippen molar-refractivity contribution in [2.75, 3.05) is 19.0 Å². The van der Waals surface area contributed by atoms with Crippen molar-refractivity contribution in [3.63, 3.8) is 0 Å². The summed E-state index contributed by atoms with van der Waals surface area (Å²) in [5, 5.41) is 2.10. The lowest BCUT2D eigenvalue weighted by Gasteiger charge is -2.24. The molecule has 1 saturated heterocycles. The average molecular weight is 201 g/mol. The highest BCUT2D eigenvalue weighted by molar-refractivity contribution is 8.01. The van der Waals surface area contributed by atoms with Crippen molar-refractivity contribution in [3.8, 4) is 0 Å². The molecule has 1 aliphatic heterocycles. The van der Waals surface area contributed by atoms with E-state index in [4.69, 9.17) is 4.74 Å². The summed E-state index contributed by atoms with van der Waals surface area (Å²) in [4.78, 5) is 4.38. The minimum atomic E-state index is 0.763. The number of thioether (sulfide) groups is 1. The van der Waals surface area contributed by atoms with E-state index in [1.165, 1.54) is 4.34 Å². The van der Waals surface area contributed by atoms with Crippen LogP contribution in [0.5, 0.6) is 0 Å². The predicted molar refractivity (Wildman–Crippen MR) is 51.9 cm³/mol. The van der Waals surface area contributed by atoms with Crippen LogP contribution in [0, 0.1) is 12.8 Å². The topological polar surface area (TPSA) is 22.1 Å². The lowest BCUT2D eigenvalue weighted by atomic mass is 10.1. The lowest BCUT2D eigenvalue weighted by molar-refractivity contribution is -0.0196. The van der Waals surface area contributed by atoms with E-state index in [0.29, 0.717) is 0 Å². The Morgan fingerprint density at radius 1 is 1.75 bits per heavy atom. The number of hydrogen-bond acceptors (Lipinski definition) is 4. The number of thiazole rings is 1. The summed E-state index contributed by atoms with van der Waals surface area (Å²) in [6, 6.07) is 0. The van der Waals surface area contributed by atoms with Crippen LogP contribution < -0.4 is 0 Å². The fourth-order valence-corrected chi connectivity index (χ4v) is 2.89. The second-order valence-corrected chi connectivity index (χ2v) is 5.09. The molecule has 0 aliphatic carbocycles. The van der Waals surface area contributed by atoms with Gasteiger partial charge in [0.15, 0.2) is 0 Å². The summed E-state index contributed by atoms with van der Waals surface area (Å²) in [6.45, 7) is 3.92. The summed E-state index contributed by atoms with van der Waals surface area (Å²) in [5.74, 6) is 1.92. The Hall–Kier alpha value is -0.0600. The van der Waals surface area contributed by atoms with Gasteiger partial charge in [-0.1, -0.05) is 11.8 Å². The molecule has 1 aromatic rings. The van der Waals surface area contributed by atoms with Gasteiger partial charge in [-0.3, -0.25) is 0 Å². The summed E-state index contributed by atoms with van der Waals surface area (Å²) < 4.78 is 6.29. The molecule has 2 nitrogen and oxygen atoms in total. The van der Waals surface area contributed by atoms with Gasteiger partial charge in [0.25, 0.3) is 0 Å². The molecule has 1 aromatic heterocycles. The third-order valence-electron chi connectivity index (χ3n) is 1.75. The Balaban J connectivity index is 1.79. The van der Waals surface area contributed by atoms with Gasteiger partial charge in [-0.15, -0.1) is 11.3 Å². The van der Waals surface area contributed by atoms with E-state index < -0.39 is 0 Å². The molecule has 2 rings (SSSR count). The van der Waals surface area contributed by atoms with Crippen LogP contribution in [-0.4, -0.2) is 24.0 Å². The molecule has 0 atom stereocenters. The Morgan fingerprint density at radius 2 is 2.58 bits per heavy atom. The molecule has 0 spiro atoms. The molecular formula is C8H11NOS2. The molecule has 4 heteroatoms. The van der Waals surface area contributed by atoms with Crippen molar-refractivity contribution in [2.24, 2.45) is 5.92 Å². The van der Waals surface area contributed by atoms with Gasteiger partial charge < -0.3 is 4.74 Å². The predicted octanol–water partition coefficient (Wildman–Crippen LogP) is 2.19. The van der Waals surface area contributed by atoms with Crippen molar-refractivity contribution >= 4 is 23.1 Å². The largest absolute Gasteiger partial charge is 0.381 e. The zero-order valence-electron chi connectivity index (χ0n) is 6.95. The first-order valence-corrected chi connectivity index (χ1v) is 5.84. The van der Waals surface area contributed by atoms with E-state index in [2.05, 4.69) is 10.4 Å². The van der Waals surface area contributed by atoms with Crippen molar-refractivity contribution in [1.29, 1.82) is 0 Å². The highest BCUT2D eigenvalue weighted by Crippen LogP contribution is 2.26. The van der Waals surface area contributed by atoms with Crippen LogP contribution in [0.15, 0.2) is 9.72 Å². The molecule has 2 heterocycles. The second-order valence-electron chi connectivity index (χ2n) is 2.97. The van der Waals surface area contributed by atoms with Gasteiger partial charge in [0.2, 0.25) is 0 Å². The third kappa shape index (κ3) is 2.00. The standard InChI is InChI=1S/C8H11NOS2/c1-6-4-11-8(9-6)12-5-7-2-10-3-7/h4,7H,2-3,5H2,1H3. The number of ether oxygens (including phenoxy) is 1. The molecule has 0 N–H and O–H groups in total. The van der Waals surface area contributed by atoms with Crippen molar-refractivity contribution in [2.45, 2.75) is 11.3 Å². The normalized spacial score (nSPS) is 17.8. The second kappa shape index (κ2) is 3.77. The number of rotatable bonds is 3. The summed E-state index contributed by atoms with van der Waals surface area (Å²) in [5.41, 5.74) is 1.13. The molecule has 1 aliphatic rings. The van der Waals surface area contributed by atoms with Gasteiger partial charge >= 0.3 is 0 Å². The minimum Gasteiger partial charge on any atom is -0.381 e. The molecule has 0 bridgehead atoms. The molecule has 0 saturated carbocycles. The Bertz CT molecular complexity index is 257. The maximum absolute atomic E-state index is 5.10. The Labute approximate surface area is 80.3 Å². The van der Waals surface area contributed by atoms with E-state index in [9.17, 15) is 0 Å². The first-order chi connectivity index (χ1) is 5.84. The van der Waals surface area contributed by atoms with Crippen LogP contribution in [0.3, 0.4) is 0 Å². The number of nitrogens with zero attached hydrogens (tertiary/aromatic N) is 1. The SMILES string of the molecule is Cc1csc(SCC2COC2)n1. The molecule has 0 amide bonds. The number of aryl methyl sites for hydroxylation is 1. The van der Waals surface area contributed by atoms with Crippen LogP contribution in [0.1, 0.15) is 5.69 Å². The quantitative estimate of drug-likeness (QED) is 0.700. The zero-order chi connectivity index (χ0) is 8.39. The van der Waals surface area contributed by atoms with E-state index in [1.807, 2.05) is 18.7 Å². The zero-order valence-corrected chi connectivity index (χ0v) is 8.58. The Kier molecular flexibility index (Phi) is 2.68. The molecule has 1 fully saturated rings. The van der Waals surface area contributed by atoms with Crippen LogP contribution >= 0.6 is 23.1 Å². The third-order valence-corrected chi connectivity index (χ3v) is 4.12. The molecule has 0 unspecified atom stereocenters. The maximum atomic E-state index is 5.10. The minimum absolute atomic E-state index is 0.763. The lowest BCUT2D eigenvalue weighted by Crippen LogP contribution is -2.29. The molecule has 66 valence electrons. The summed E-state index contributed by atoms with van der Waals surface area (Å²) in [6.07, 6.45) is 0. The summed E-state index contributed by atoms with van der Waals surface area (Å²) in [7, 11) is 0. The van der Waals surface area contributed by atoms with E-state index >= 15 is 0 Å². The van der Waals surface area contributed by atoms with Gasteiger partial charge in [0.1, 0.15) is 4.34 Å². The monoisotopic (exact) mass is 201 g/mol.